The van der Waals surface area contributed by atoms with Crippen molar-refractivity contribution in [3.8, 4) is 11.3 Å². The molecule has 2 heterocycles. The maximum atomic E-state index is 13.7. The van der Waals surface area contributed by atoms with Crippen LogP contribution in [0.5, 0.6) is 0 Å². The minimum atomic E-state index is -0.789. The predicted molar refractivity (Wildman–Crippen MR) is 134 cm³/mol. The van der Waals surface area contributed by atoms with Gasteiger partial charge in [-0.2, -0.15) is 0 Å². The first-order chi connectivity index (χ1) is 16.9. The lowest BCUT2D eigenvalue weighted by Crippen LogP contribution is -2.41. The number of hydrogen-bond acceptors (Lipinski definition) is 6. The van der Waals surface area contributed by atoms with Gasteiger partial charge in [-0.1, -0.05) is 54.1 Å². The van der Waals surface area contributed by atoms with Crippen molar-refractivity contribution in [2.45, 2.75) is 13.1 Å². The van der Waals surface area contributed by atoms with Crippen LogP contribution < -0.4 is 21.9 Å². The van der Waals surface area contributed by atoms with Crippen molar-refractivity contribution in [1.29, 1.82) is 0 Å². The standard InChI is InChI=1S/C25H23ClN4O5/c1-34-14-13-29-22(27)21(23(31)28-25(29)33)30(15-16-7-3-2-4-8-16)24(32)20-12-11-19(35-20)17-9-5-6-10-18(17)26/h2-12H,13-15,27H2,1H3,(H,28,31,33). The Kier molecular flexibility index (Phi) is 7.19. The largest absolute Gasteiger partial charge is 0.451 e. The highest BCUT2D eigenvalue weighted by Crippen LogP contribution is 2.30. The molecule has 0 aliphatic heterocycles. The number of hydrogen-bond donors (Lipinski definition) is 2. The van der Waals surface area contributed by atoms with Crippen LogP contribution in [0.25, 0.3) is 11.3 Å². The van der Waals surface area contributed by atoms with E-state index in [1.165, 1.54) is 18.1 Å². The molecule has 10 heteroatoms. The summed E-state index contributed by atoms with van der Waals surface area (Å²) >= 11 is 6.27. The molecular weight excluding hydrogens is 472 g/mol. The molecule has 0 bridgehead atoms. The molecule has 0 saturated carbocycles. The van der Waals surface area contributed by atoms with Crippen molar-refractivity contribution in [2.75, 3.05) is 24.4 Å². The summed E-state index contributed by atoms with van der Waals surface area (Å²) in [5.41, 5.74) is 5.97. The minimum Gasteiger partial charge on any atom is -0.451 e. The van der Waals surface area contributed by atoms with Gasteiger partial charge in [-0.3, -0.25) is 24.0 Å². The Morgan fingerprint density at radius 3 is 2.51 bits per heavy atom. The van der Waals surface area contributed by atoms with Gasteiger partial charge in [-0.15, -0.1) is 0 Å². The van der Waals surface area contributed by atoms with Gasteiger partial charge in [0.15, 0.2) is 11.4 Å². The summed E-state index contributed by atoms with van der Waals surface area (Å²) in [4.78, 5) is 42.4. The van der Waals surface area contributed by atoms with Crippen LogP contribution in [-0.4, -0.2) is 29.2 Å². The maximum Gasteiger partial charge on any atom is 0.330 e. The number of halogens is 1. The van der Waals surface area contributed by atoms with E-state index >= 15 is 0 Å². The fraction of sp³-hybridized carbons (Fsp3) is 0.160. The number of rotatable bonds is 8. The topological polar surface area (TPSA) is 124 Å². The molecule has 9 nitrogen and oxygen atoms in total. The number of nitrogens with one attached hydrogen (secondary N) is 1. The lowest BCUT2D eigenvalue weighted by atomic mass is 10.2. The van der Waals surface area contributed by atoms with Gasteiger partial charge in [0.05, 0.1) is 24.7 Å². The van der Waals surface area contributed by atoms with Crippen molar-refractivity contribution in [2.24, 2.45) is 0 Å². The van der Waals surface area contributed by atoms with Gasteiger partial charge in [0.25, 0.3) is 11.5 Å². The normalized spacial score (nSPS) is 10.9. The molecule has 1 amide bonds. The van der Waals surface area contributed by atoms with Crippen LogP contribution in [0.3, 0.4) is 0 Å². The molecule has 0 saturated heterocycles. The Morgan fingerprint density at radius 2 is 1.80 bits per heavy atom. The van der Waals surface area contributed by atoms with E-state index in [9.17, 15) is 14.4 Å². The SMILES string of the molecule is COCCn1c(N)c(N(Cc2ccccc2)C(=O)c2ccc(-c3ccccc3Cl)o2)c(=O)[nH]c1=O. The van der Waals surface area contributed by atoms with Gasteiger partial charge in [0.2, 0.25) is 0 Å². The molecule has 3 N–H and O–H groups in total. The molecule has 35 heavy (non-hydrogen) atoms. The number of carbonyl (C=O) groups excluding carboxylic acids is 1. The second-order valence-electron chi connectivity index (χ2n) is 7.66. The molecule has 0 atom stereocenters. The van der Waals surface area contributed by atoms with Crippen LogP contribution in [0.1, 0.15) is 16.1 Å². The smallest absolute Gasteiger partial charge is 0.330 e. The van der Waals surface area contributed by atoms with Crippen molar-refractivity contribution in [1.82, 2.24) is 9.55 Å². The highest BCUT2D eigenvalue weighted by atomic mass is 35.5. The van der Waals surface area contributed by atoms with E-state index in [1.54, 1.807) is 30.3 Å². The van der Waals surface area contributed by atoms with Crippen molar-refractivity contribution < 1.29 is 13.9 Å². The highest BCUT2D eigenvalue weighted by molar-refractivity contribution is 6.33. The van der Waals surface area contributed by atoms with Gasteiger partial charge in [-0.25, -0.2) is 4.79 Å². The summed E-state index contributed by atoms with van der Waals surface area (Å²) in [6.45, 7) is 0.287. The minimum absolute atomic E-state index is 0.0115. The Labute approximate surface area is 205 Å². The monoisotopic (exact) mass is 494 g/mol. The van der Waals surface area contributed by atoms with Crippen LogP contribution in [0, 0.1) is 0 Å². The summed E-state index contributed by atoms with van der Waals surface area (Å²) in [6, 6.07) is 19.3. The number of anilines is 2. The number of ether oxygens (including phenoxy) is 1. The molecule has 0 fully saturated rings. The quantitative estimate of drug-likeness (QED) is 0.386. The summed E-state index contributed by atoms with van der Waals surface area (Å²) < 4.78 is 12.0. The van der Waals surface area contributed by atoms with Gasteiger partial charge in [0, 0.05) is 12.7 Å². The van der Waals surface area contributed by atoms with Crippen molar-refractivity contribution >= 4 is 29.0 Å². The number of H-pyrrole nitrogens is 1. The van der Waals surface area contributed by atoms with E-state index in [1.807, 2.05) is 30.3 Å². The fourth-order valence-corrected chi connectivity index (χ4v) is 3.88. The first-order valence-corrected chi connectivity index (χ1v) is 11.1. The zero-order chi connectivity index (χ0) is 24.9. The van der Waals surface area contributed by atoms with Crippen molar-refractivity contribution in [3.05, 3.63) is 104 Å². The first-order valence-electron chi connectivity index (χ1n) is 10.7. The number of furan rings is 1. The highest BCUT2D eigenvalue weighted by Gasteiger charge is 2.28. The molecule has 0 aliphatic rings. The van der Waals surface area contributed by atoms with E-state index < -0.39 is 17.2 Å². The lowest BCUT2D eigenvalue weighted by molar-refractivity contribution is 0.0959. The zero-order valence-corrected chi connectivity index (χ0v) is 19.6. The molecule has 0 aliphatic carbocycles. The maximum absolute atomic E-state index is 13.7. The number of aromatic amines is 1. The molecular formula is C25H23ClN4O5. The fourth-order valence-electron chi connectivity index (χ4n) is 3.65. The first kappa shape index (κ1) is 24.1. The summed E-state index contributed by atoms with van der Waals surface area (Å²) in [5.74, 6) is -0.394. The number of benzene rings is 2. The molecule has 0 spiro atoms. The van der Waals surface area contributed by atoms with E-state index in [4.69, 9.17) is 26.5 Å². The molecule has 2 aromatic carbocycles. The number of amides is 1. The number of aromatic nitrogens is 2. The summed E-state index contributed by atoms with van der Waals surface area (Å²) in [6.07, 6.45) is 0. The number of methoxy groups -OCH3 is 1. The number of nitrogens with zero attached hydrogens (tertiary/aromatic N) is 2. The van der Waals surface area contributed by atoms with Crippen LogP contribution in [0.2, 0.25) is 5.02 Å². The molecule has 4 aromatic rings. The molecule has 4 rings (SSSR count). The van der Waals surface area contributed by atoms with Gasteiger partial charge < -0.3 is 14.9 Å². The van der Waals surface area contributed by atoms with E-state index in [0.717, 1.165) is 10.1 Å². The second kappa shape index (κ2) is 10.5. The Hall–Kier alpha value is -4.08. The molecule has 180 valence electrons. The molecule has 0 unspecified atom stereocenters. The third-order valence-corrected chi connectivity index (χ3v) is 5.72. The van der Waals surface area contributed by atoms with E-state index in [0.29, 0.717) is 16.3 Å². The third kappa shape index (κ3) is 5.06. The molecule has 0 radical (unpaired) electrons. The number of nitrogens with two attached hydrogens (primary N) is 1. The van der Waals surface area contributed by atoms with Gasteiger partial charge in [0.1, 0.15) is 11.6 Å². The van der Waals surface area contributed by atoms with E-state index in [-0.39, 0.29) is 37.0 Å². The van der Waals surface area contributed by atoms with Gasteiger partial charge >= 0.3 is 5.69 Å². The zero-order valence-electron chi connectivity index (χ0n) is 18.9. The summed E-state index contributed by atoms with van der Waals surface area (Å²) in [7, 11) is 1.48. The van der Waals surface area contributed by atoms with E-state index in [2.05, 4.69) is 4.98 Å². The number of carbonyl (C=O) groups is 1. The third-order valence-electron chi connectivity index (χ3n) is 5.39. The van der Waals surface area contributed by atoms with Crippen molar-refractivity contribution in [3.63, 3.8) is 0 Å². The Morgan fingerprint density at radius 1 is 1.09 bits per heavy atom. The van der Waals surface area contributed by atoms with Crippen LogP contribution in [0.4, 0.5) is 11.5 Å². The van der Waals surface area contributed by atoms with Gasteiger partial charge in [-0.05, 0) is 29.8 Å². The second-order valence-corrected chi connectivity index (χ2v) is 8.07. The Balaban J connectivity index is 1.81. The average Bonchev–Trinajstić information content (AvgIpc) is 3.34. The molecule has 2 aromatic heterocycles. The summed E-state index contributed by atoms with van der Waals surface area (Å²) in [5, 5.41) is 0.466. The lowest BCUT2D eigenvalue weighted by Gasteiger charge is -2.24. The Bertz CT molecular complexity index is 1460. The van der Waals surface area contributed by atoms with Crippen LogP contribution in [0.15, 0.2) is 80.7 Å². The predicted octanol–water partition coefficient (Wildman–Crippen LogP) is 3.53. The number of nitrogen functional groups attached to an aromatic ring is 1. The van der Waals surface area contributed by atoms with Crippen LogP contribution >= 0.6 is 11.6 Å². The average molecular weight is 495 g/mol. The van der Waals surface area contributed by atoms with Crippen LogP contribution in [-0.2, 0) is 17.8 Å².